The van der Waals surface area contributed by atoms with Crippen LogP contribution in [0.15, 0.2) is 24.3 Å². The van der Waals surface area contributed by atoms with Crippen LogP contribution in [0.3, 0.4) is 0 Å². The van der Waals surface area contributed by atoms with Gasteiger partial charge in [-0.15, -0.1) is 0 Å². The number of amides is 2. The molecular formula is C14H16N2O4S. The molecule has 0 spiro atoms. The molecule has 0 aromatic heterocycles. The topological polar surface area (TPSA) is 76.7 Å². The van der Waals surface area contributed by atoms with Crippen LogP contribution < -0.4 is 15.4 Å². The zero-order chi connectivity index (χ0) is 15.2. The van der Waals surface area contributed by atoms with Gasteiger partial charge in [-0.25, -0.2) is 0 Å². The van der Waals surface area contributed by atoms with Crippen LogP contribution >= 0.6 is 12.2 Å². The molecule has 0 aliphatic carbocycles. The monoisotopic (exact) mass is 308 g/mol. The maximum Gasteiger partial charge on any atom is 0.239 e. The van der Waals surface area contributed by atoms with E-state index in [0.717, 1.165) is 11.3 Å². The third-order valence-electron chi connectivity index (χ3n) is 3.03. The SMILES string of the molecule is COCCOc1ccc(CC2C(=O)NC(=S)NC2=O)cc1. The molecule has 0 saturated carbocycles. The highest BCUT2D eigenvalue weighted by atomic mass is 32.1. The Morgan fingerprint density at radius 3 is 2.29 bits per heavy atom. The van der Waals surface area contributed by atoms with Crippen molar-refractivity contribution in [3.63, 3.8) is 0 Å². The summed E-state index contributed by atoms with van der Waals surface area (Å²) in [6, 6.07) is 7.26. The number of benzene rings is 1. The van der Waals surface area contributed by atoms with E-state index in [1.807, 2.05) is 12.1 Å². The Balaban J connectivity index is 1.95. The summed E-state index contributed by atoms with van der Waals surface area (Å²) in [6.07, 6.45) is 0.318. The standard InChI is InChI=1S/C14H16N2O4S/c1-19-6-7-20-10-4-2-9(3-5-10)8-11-12(17)15-14(21)16-13(11)18/h2-5,11H,6-8H2,1H3,(H2,15,16,17,18,21). The van der Waals surface area contributed by atoms with Crippen LogP contribution in [-0.4, -0.2) is 37.3 Å². The van der Waals surface area contributed by atoms with Crippen molar-refractivity contribution >= 4 is 29.1 Å². The summed E-state index contributed by atoms with van der Waals surface area (Å²) >= 11 is 4.75. The Morgan fingerprint density at radius 2 is 1.71 bits per heavy atom. The van der Waals surface area contributed by atoms with Crippen LogP contribution in [0.25, 0.3) is 0 Å². The van der Waals surface area contributed by atoms with Gasteiger partial charge in [-0.3, -0.25) is 9.59 Å². The van der Waals surface area contributed by atoms with E-state index in [1.165, 1.54) is 0 Å². The summed E-state index contributed by atoms with van der Waals surface area (Å²) in [6.45, 7) is 0.991. The molecule has 2 N–H and O–H groups in total. The lowest BCUT2D eigenvalue weighted by Gasteiger charge is -2.22. The number of hydrogen-bond donors (Lipinski definition) is 2. The molecular weight excluding hydrogens is 292 g/mol. The Bertz CT molecular complexity index is 524. The second kappa shape index (κ2) is 7.14. The van der Waals surface area contributed by atoms with E-state index >= 15 is 0 Å². The van der Waals surface area contributed by atoms with Crippen LogP contribution in [0.2, 0.25) is 0 Å². The molecule has 1 saturated heterocycles. The highest BCUT2D eigenvalue weighted by molar-refractivity contribution is 7.80. The largest absolute Gasteiger partial charge is 0.491 e. The Kier molecular flexibility index (Phi) is 5.24. The van der Waals surface area contributed by atoms with Crippen LogP contribution in [-0.2, 0) is 20.7 Å². The van der Waals surface area contributed by atoms with Gasteiger partial charge < -0.3 is 20.1 Å². The molecule has 1 fully saturated rings. The number of carbonyl (C=O) groups is 2. The van der Waals surface area contributed by atoms with Gasteiger partial charge in [0.05, 0.1) is 6.61 Å². The number of thiocarbonyl (C=S) groups is 1. The first-order chi connectivity index (χ1) is 10.1. The molecule has 1 aliphatic heterocycles. The molecule has 1 aliphatic rings. The van der Waals surface area contributed by atoms with Crippen LogP contribution in [0.1, 0.15) is 5.56 Å². The number of nitrogens with one attached hydrogen (secondary N) is 2. The molecule has 1 aromatic carbocycles. The van der Waals surface area contributed by atoms with Gasteiger partial charge >= 0.3 is 0 Å². The molecule has 6 nitrogen and oxygen atoms in total. The summed E-state index contributed by atoms with van der Waals surface area (Å²) in [5.41, 5.74) is 0.872. The molecule has 7 heteroatoms. The van der Waals surface area contributed by atoms with Crippen molar-refractivity contribution in [2.24, 2.45) is 5.92 Å². The van der Waals surface area contributed by atoms with Crippen molar-refractivity contribution in [1.82, 2.24) is 10.6 Å². The van der Waals surface area contributed by atoms with Crippen molar-refractivity contribution in [3.05, 3.63) is 29.8 Å². The molecule has 0 bridgehead atoms. The quantitative estimate of drug-likeness (QED) is 0.452. The number of rotatable bonds is 6. The van der Waals surface area contributed by atoms with Gasteiger partial charge in [-0.2, -0.15) is 0 Å². The van der Waals surface area contributed by atoms with E-state index in [0.29, 0.717) is 19.6 Å². The van der Waals surface area contributed by atoms with E-state index < -0.39 is 5.92 Å². The van der Waals surface area contributed by atoms with E-state index in [-0.39, 0.29) is 16.9 Å². The molecule has 0 radical (unpaired) electrons. The number of carbonyl (C=O) groups excluding carboxylic acids is 2. The van der Waals surface area contributed by atoms with Crippen molar-refractivity contribution < 1.29 is 19.1 Å². The zero-order valence-corrected chi connectivity index (χ0v) is 12.4. The molecule has 0 unspecified atom stereocenters. The number of ether oxygens (including phenoxy) is 2. The lowest BCUT2D eigenvalue weighted by atomic mass is 9.96. The van der Waals surface area contributed by atoms with Gasteiger partial charge in [0, 0.05) is 7.11 Å². The highest BCUT2D eigenvalue weighted by Gasteiger charge is 2.32. The van der Waals surface area contributed by atoms with Gasteiger partial charge in [-0.05, 0) is 36.3 Å². The fourth-order valence-electron chi connectivity index (χ4n) is 1.93. The van der Waals surface area contributed by atoms with Crippen LogP contribution in [0.4, 0.5) is 0 Å². The average Bonchev–Trinajstić information content (AvgIpc) is 2.44. The second-order valence-electron chi connectivity index (χ2n) is 4.55. The summed E-state index contributed by atoms with van der Waals surface area (Å²) in [7, 11) is 1.61. The first-order valence-corrected chi connectivity index (χ1v) is 6.87. The van der Waals surface area contributed by atoms with Crippen LogP contribution in [0, 0.1) is 5.92 Å². The maximum absolute atomic E-state index is 11.8. The lowest BCUT2D eigenvalue weighted by molar-refractivity contribution is -0.135. The first kappa shape index (κ1) is 15.4. The Hall–Kier alpha value is -1.99. The van der Waals surface area contributed by atoms with E-state index in [9.17, 15) is 9.59 Å². The molecule has 1 aromatic rings. The minimum atomic E-state index is -0.767. The van der Waals surface area contributed by atoms with Crippen LogP contribution in [0.5, 0.6) is 5.75 Å². The lowest BCUT2D eigenvalue weighted by Crippen LogP contribution is -2.56. The van der Waals surface area contributed by atoms with Gasteiger partial charge in [-0.1, -0.05) is 12.1 Å². The molecule has 112 valence electrons. The van der Waals surface area contributed by atoms with E-state index in [4.69, 9.17) is 21.7 Å². The maximum atomic E-state index is 11.8. The summed E-state index contributed by atoms with van der Waals surface area (Å²) in [5, 5.41) is 4.95. The fraction of sp³-hybridized carbons (Fsp3) is 0.357. The zero-order valence-electron chi connectivity index (χ0n) is 11.5. The van der Waals surface area contributed by atoms with Gasteiger partial charge in [0.15, 0.2) is 5.11 Å². The van der Waals surface area contributed by atoms with Crippen molar-refractivity contribution in [3.8, 4) is 5.75 Å². The van der Waals surface area contributed by atoms with Gasteiger partial charge in [0.2, 0.25) is 11.8 Å². The smallest absolute Gasteiger partial charge is 0.239 e. The first-order valence-electron chi connectivity index (χ1n) is 6.46. The Labute approximate surface area is 127 Å². The molecule has 21 heavy (non-hydrogen) atoms. The minimum absolute atomic E-state index is 0.0585. The number of hydrogen-bond acceptors (Lipinski definition) is 5. The van der Waals surface area contributed by atoms with Crippen molar-refractivity contribution in [2.45, 2.75) is 6.42 Å². The highest BCUT2D eigenvalue weighted by Crippen LogP contribution is 2.16. The molecule has 2 rings (SSSR count). The minimum Gasteiger partial charge on any atom is -0.491 e. The van der Waals surface area contributed by atoms with E-state index in [2.05, 4.69) is 10.6 Å². The third-order valence-corrected chi connectivity index (χ3v) is 3.23. The predicted molar refractivity (Wildman–Crippen MR) is 79.9 cm³/mol. The van der Waals surface area contributed by atoms with Crippen molar-refractivity contribution in [2.75, 3.05) is 20.3 Å². The predicted octanol–water partition coefficient (Wildman–Crippen LogP) is 0.401. The second-order valence-corrected chi connectivity index (χ2v) is 4.96. The fourth-order valence-corrected chi connectivity index (χ4v) is 2.14. The van der Waals surface area contributed by atoms with Gasteiger partial charge in [0.1, 0.15) is 18.3 Å². The Morgan fingerprint density at radius 1 is 1.10 bits per heavy atom. The summed E-state index contributed by atoms with van der Waals surface area (Å²) in [5.74, 6) is -0.792. The van der Waals surface area contributed by atoms with Crippen molar-refractivity contribution in [1.29, 1.82) is 0 Å². The molecule has 2 amide bonds. The normalized spacial score (nSPS) is 15.6. The molecule has 0 atom stereocenters. The molecule has 1 heterocycles. The van der Waals surface area contributed by atoms with E-state index in [1.54, 1.807) is 19.2 Å². The summed E-state index contributed by atoms with van der Waals surface area (Å²) < 4.78 is 10.3. The summed E-state index contributed by atoms with van der Waals surface area (Å²) in [4.78, 5) is 23.5. The average molecular weight is 308 g/mol. The van der Waals surface area contributed by atoms with Gasteiger partial charge in [0.25, 0.3) is 0 Å². The third kappa shape index (κ3) is 4.24. The number of methoxy groups -OCH3 is 1.